The number of benzene rings is 1. The number of piperidine rings is 1. The highest BCUT2D eigenvalue weighted by molar-refractivity contribution is 6.06. The normalized spacial score (nSPS) is 19.4. The molecule has 2 aromatic heterocycles. The maximum absolute atomic E-state index is 13.5. The molecule has 10 heteroatoms. The lowest BCUT2D eigenvalue weighted by molar-refractivity contribution is -0.129. The summed E-state index contributed by atoms with van der Waals surface area (Å²) in [5, 5.41) is 14.0. The Hall–Kier alpha value is -3.79. The Kier molecular flexibility index (Phi) is 8.64. The van der Waals surface area contributed by atoms with E-state index in [-0.39, 0.29) is 48.2 Å². The second kappa shape index (κ2) is 11.9. The van der Waals surface area contributed by atoms with E-state index in [4.69, 9.17) is 4.98 Å². The number of likely N-dealkylation sites (N-methyl/N-ethyl adjacent to an activating group) is 1. The smallest absolute Gasteiger partial charge is 0.252 e. The molecule has 3 N–H and O–H groups in total. The van der Waals surface area contributed by atoms with Crippen molar-refractivity contribution < 1.29 is 14.4 Å². The van der Waals surface area contributed by atoms with Gasteiger partial charge in [0.1, 0.15) is 0 Å². The molecule has 10 nitrogen and oxygen atoms in total. The maximum Gasteiger partial charge on any atom is 0.252 e. The molecule has 3 unspecified atom stereocenters. The van der Waals surface area contributed by atoms with Crippen LogP contribution in [0.3, 0.4) is 0 Å². The minimum atomic E-state index is -0.281. The molecule has 4 rings (SSSR count). The molecule has 3 atom stereocenters. The van der Waals surface area contributed by atoms with Crippen LogP contribution in [0, 0.1) is 11.8 Å². The first kappa shape index (κ1) is 28.2. The predicted molar refractivity (Wildman–Crippen MR) is 151 cm³/mol. The summed E-state index contributed by atoms with van der Waals surface area (Å²) in [4.78, 5) is 45.4. The van der Waals surface area contributed by atoms with Gasteiger partial charge in [-0.15, -0.1) is 0 Å². The highest BCUT2D eigenvalue weighted by Crippen LogP contribution is 2.27. The molecule has 1 aliphatic rings. The lowest BCUT2D eigenvalue weighted by Gasteiger charge is -2.32. The van der Waals surface area contributed by atoms with Gasteiger partial charge in [-0.2, -0.15) is 5.10 Å². The fourth-order valence-electron chi connectivity index (χ4n) is 5.00. The van der Waals surface area contributed by atoms with Crippen molar-refractivity contribution >= 4 is 28.8 Å². The second-order valence-corrected chi connectivity index (χ2v) is 11.1. The van der Waals surface area contributed by atoms with Crippen molar-refractivity contribution in [2.24, 2.45) is 11.8 Å². The number of nitrogens with one attached hydrogen (secondary N) is 3. The largest absolute Gasteiger partial charge is 0.353 e. The number of nitrogens with zero attached hydrogens (tertiary/aromatic N) is 4. The van der Waals surface area contributed by atoms with Gasteiger partial charge in [0.2, 0.25) is 5.91 Å². The number of carbonyl (C=O) groups is 3. The van der Waals surface area contributed by atoms with E-state index in [9.17, 15) is 14.4 Å². The maximum atomic E-state index is 13.5. The number of aromatic nitrogens is 3. The zero-order valence-corrected chi connectivity index (χ0v) is 23.6. The number of hydrogen-bond acceptors (Lipinski definition) is 6. The summed E-state index contributed by atoms with van der Waals surface area (Å²) in [5.74, 6) is -0.552. The zero-order valence-electron chi connectivity index (χ0n) is 23.6. The van der Waals surface area contributed by atoms with Gasteiger partial charge >= 0.3 is 0 Å². The van der Waals surface area contributed by atoms with Crippen molar-refractivity contribution in [2.75, 3.05) is 33.7 Å². The van der Waals surface area contributed by atoms with Crippen LogP contribution in [0.5, 0.6) is 0 Å². The van der Waals surface area contributed by atoms with Gasteiger partial charge in [0, 0.05) is 42.8 Å². The summed E-state index contributed by atoms with van der Waals surface area (Å²) in [6.45, 7) is 9.63. The first-order chi connectivity index (χ1) is 18.5. The summed E-state index contributed by atoms with van der Waals surface area (Å²) in [6.07, 6.45) is 2.54. The van der Waals surface area contributed by atoms with E-state index < -0.39 is 0 Å². The summed E-state index contributed by atoms with van der Waals surface area (Å²) >= 11 is 0. The van der Waals surface area contributed by atoms with Crippen LogP contribution in [0.1, 0.15) is 60.9 Å². The molecular formula is C29H39N7O3. The molecule has 1 aromatic carbocycles. The Bertz CT molecular complexity index is 1350. The fourth-order valence-corrected chi connectivity index (χ4v) is 5.00. The number of amides is 3. The average Bonchev–Trinajstić information content (AvgIpc) is 3.31. The molecular weight excluding hydrogens is 494 g/mol. The Morgan fingerprint density at radius 3 is 2.49 bits per heavy atom. The molecule has 0 saturated carbocycles. The van der Waals surface area contributed by atoms with E-state index in [1.54, 1.807) is 29.1 Å². The van der Waals surface area contributed by atoms with Crippen molar-refractivity contribution in [3.05, 3.63) is 47.7 Å². The molecule has 0 spiro atoms. The van der Waals surface area contributed by atoms with Gasteiger partial charge in [-0.05, 0) is 65.4 Å². The number of rotatable bonds is 9. The lowest BCUT2D eigenvalue weighted by Crippen LogP contribution is -2.50. The molecule has 3 amide bonds. The van der Waals surface area contributed by atoms with E-state index in [1.807, 2.05) is 58.8 Å². The number of hydrogen-bond donors (Lipinski definition) is 3. The van der Waals surface area contributed by atoms with Crippen molar-refractivity contribution in [3.63, 3.8) is 0 Å². The first-order valence-corrected chi connectivity index (χ1v) is 13.5. The number of fused-ring (bicyclic) bond motifs is 1. The molecule has 1 aliphatic heterocycles. The van der Waals surface area contributed by atoms with Gasteiger partial charge in [-0.1, -0.05) is 19.1 Å². The van der Waals surface area contributed by atoms with E-state index in [0.29, 0.717) is 34.4 Å². The lowest BCUT2D eigenvalue weighted by atomic mass is 9.84. The van der Waals surface area contributed by atoms with Gasteiger partial charge in [-0.25, -0.2) is 9.67 Å². The highest BCUT2D eigenvalue weighted by atomic mass is 16.2. The van der Waals surface area contributed by atoms with Crippen molar-refractivity contribution in [1.29, 1.82) is 0 Å². The van der Waals surface area contributed by atoms with Gasteiger partial charge in [0.15, 0.2) is 5.65 Å². The Labute approximate surface area is 229 Å². The molecule has 3 heterocycles. The minimum absolute atomic E-state index is 0.0272. The van der Waals surface area contributed by atoms with Crippen LogP contribution in [0.25, 0.3) is 22.3 Å². The van der Waals surface area contributed by atoms with Crippen LogP contribution in [0.4, 0.5) is 0 Å². The topological polar surface area (TPSA) is 121 Å². The van der Waals surface area contributed by atoms with Crippen molar-refractivity contribution in [1.82, 2.24) is 35.6 Å². The van der Waals surface area contributed by atoms with Gasteiger partial charge < -0.3 is 20.9 Å². The van der Waals surface area contributed by atoms with Crippen LogP contribution in [0.2, 0.25) is 0 Å². The quantitative estimate of drug-likeness (QED) is 0.389. The monoisotopic (exact) mass is 533 g/mol. The van der Waals surface area contributed by atoms with E-state index in [2.05, 4.69) is 21.0 Å². The molecule has 0 radical (unpaired) electrons. The average molecular weight is 534 g/mol. The van der Waals surface area contributed by atoms with Crippen LogP contribution in [-0.4, -0.2) is 77.2 Å². The van der Waals surface area contributed by atoms with Crippen LogP contribution < -0.4 is 16.0 Å². The zero-order chi connectivity index (χ0) is 28.3. The number of carbonyl (C=O) groups excluding carboxylic acids is 3. The molecule has 1 saturated heterocycles. The van der Waals surface area contributed by atoms with Crippen LogP contribution >= 0.6 is 0 Å². The fraction of sp³-hybridized carbons (Fsp3) is 0.483. The van der Waals surface area contributed by atoms with E-state index in [0.717, 1.165) is 18.5 Å². The molecule has 208 valence electrons. The third-order valence-corrected chi connectivity index (χ3v) is 7.21. The Morgan fingerprint density at radius 2 is 1.85 bits per heavy atom. The van der Waals surface area contributed by atoms with Gasteiger partial charge in [-0.3, -0.25) is 14.4 Å². The molecule has 3 aromatic rings. The summed E-state index contributed by atoms with van der Waals surface area (Å²) in [5.41, 5.74) is 2.99. The summed E-state index contributed by atoms with van der Waals surface area (Å²) in [7, 11) is 3.91. The summed E-state index contributed by atoms with van der Waals surface area (Å²) < 4.78 is 1.79. The minimum Gasteiger partial charge on any atom is -0.353 e. The SMILES string of the molecule is CC1CC(C)C(CNC(=O)c2cc(-c3ccc(C(=O)NCCN(C)C)cc3)nc3c2cnn3C(C)C)C(=O)N1. The standard InChI is InChI=1S/C29H39N7O3/c1-17(2)36-26-24(16-32-36)22(28(38)31-15-23-18(3)13-19(4)33-29(23)39)14-25(34-26)20-7-9-21(10-8-20)27(37)30-11-12-35(5)6/h7-10,14,16-19,23H,11-13,15H2,1-6H3,(H,30,37)(H,31,38)(H,33,39). The van der Waals surface area contributed by atoms with E-state index in [1.165, 1.54) is 0 Å². The van der Waals surface area contributed by atoms with E-state index >= 15 is 0 Å². The first-order valence-electron chi connectivity index (χ1n) is 13.5. The second-order valence-electron chi connectivity index (χ2n) is 11.1. The van der Waals surface area contributed by atoms with Crippen molar-refractivity contribution in [3.8, 4) is 11.3 Å². The highest BCUT2D eigenvalue weighted by Gasteiger charge is 2.32. The van der Waals surface area contributed by atoms with Gasteiger partial charge in [0.05, 0.1) is 28.8 Å². The molecule has 0 bridgehead atoms. The molecule has 39 heavy (non-hydrogen) atoms. The van der Waals surface area contributed by atoms with Gasteiger partial charge in [0.25, 0.3) is 11.8 Å². The van der Waals surface area contributed by atoms with Crippen LogP contribution in [-0.2, 0) is 4.79 Å². The molecule has 1 fully saturated rings. The Morgan fingerprint density at radius 1 is 1.13 bits per heavy atom. The molecule has 0 aliphatic carbocycles. The Balaban J connectivity index is 1.60. The third-order valence-electron chi connectivity index (χ3n) is 7.21. The van der Waals surface area contributed by atoms with Crippen LogP contribution in [0.15, 0.2) is 36.5 Å². The summed E-state index contributed by atoms with van der Waals surface area (Å²) in [6, 6.07) is 9.13. The number of pyridine rings is 1. The predicted octanol–water partition coefficient (Wildman–Crippen LogP) is 2.86. The van der Waals surface area contributed by atoms with Crippen molar-refractivity contribution in [2.45, 2.75) is 46.2 Å². The third kappa shape index (κ3) is 6.44.